The maximum atomic E-state index is 12.7. The lowest BCUT2D eigenvalue weighted by molar-refractivity contribution is -0.0495. The second-order valence-electron chi connectivity index (χ2n) is 6.42. The molecule has 0 radical (unpaired) electrons. The number of halogens is 2. The highest BCUT2D eigenvalue weighted by molar-refractivity contribution is 8.00. The molecule has 0 bridgehead atoms. The first-order valence-electron chi connectivity index (χ1n) is 9.44. The van der Waals surface area contributed by atoms with Gasteiger partial charge in [0.2, 0.25) is 0 Å². The standard InChI is InChI=1S/C19H25F2N5OS2/c1-22-18(23-8-4-11-28-19-24-9-12-29-19)25-14-7-10-26(13-14)15-5-2-3-6-16(15)27-17(20)21/h2-3,5-6,9,12,14,17H,4,7-8,10-11,13H2,1H3,(H2,22,23,25). The first-order valence-corrected chi connectivity index (χ1v) is 11.3. The zero-order valence-electron chi connectivity index (χ0n) is 16.2. The molecule has 10 heteroatoms. The number of anilines is 1. The van der Waals surface area contributed by atoms with Crippen LogP contribution in [0.5, 0.6) is 5.75 Å². The molecule has 1 aromatic heterocycles. The minimum atomic E-state index is -2.83. The lowest BCUT2D eigenvalue weighted by Crippen LogP contribution is -2.45. The van der Waals surface area contributed by atoms with E-state index in [2.05, 4.69) is 30.2 Å². The molecule has 2 aromatic rings. The Morgan fingerprint density at radius 3 is 3.07 bits per heavy atom. The molecular formula is C19H25F2N5OS2. The Balaban J connectivity index is 1.42. The molecule has 0 spiro atoms. The molecule has 3 rings (SSSR count). The molecule has 0 amide bonds. The molecule has 0 saturated carbocycles. The molecule has 1 aliphatic heterocycles. The fourth-order valence-electron chi connectivity index (χ4n) is 3.12. The first kappa shape index (κ1) is 21.6. The average Bonchev–Trinajstić information content (AvgIpc) is 3.39. The third-order valence-corrected chi connectivity index (χ3v) is 6.48. The van der Waals surface area contributed by atoms with E-state index < -0.39 is 6.61 Å². The van der Waals surface area contributed by atoms with Gasteiger partial charge in [-0.15, -0.1) is 11.3 Å². The van der Waals surface area contributed by atoms with Crippen molar-refractivity contribution in [2.45, 2.75) is 29.8 Å². The van der Waals surface area contributed by atoms with Crippen molar-refractivity contribution in [2.24, 2.45) is 4.99 Å². The Kier molecular flexibility index (Phi) is 8.36. The number of benzene rings is 1. The fourth-order valence-corrected chi connectivity index (χ4v) is 4.77. The van der Waals surface area contributed by atoms with Crippen LogP contribution >= 0.6 is 23.1 Å². The first-order chi connectivity index (χ1) is 14.2. The lowest BCUT2D eigenvalue weighted by atomic mass is 10.2. The van der Waals surface area contributed by atoms with Crippen molar-refractivity contribution in [3.05, 3.63) is 35.8 Å². The summed E-state index contributed by atoms with van der Waals surface area (Å²) in [5.41, 5.74) is 0.694. The molecule has 1 atom stereocenters. The van der Waals surface area contributed by atoms with E-state index in [1.165, 1.54) is 0 Å². The largest absolute Gasteiger partial charge is 0.433 e. The summed E-state index contributed by atoms with van der Waals surface area (Å²) < 4.78 is 31.1. The van der Waals surface area contributed by atoms with Crippen LogP contribution in [-0.4, -0.2) is 56.0 Å². The van der Waals surface area contributed by atoms with Gasteiger partial charge in [-0.05, 0) is 25.0 Å². The number of nitrogens with one attached hydrogen (secondary N) is 2. The van der Waals surface area contributed by atoms with Crippen molar-refractivity contribution in [1.29, 1.82) is 0 Å². The van der Waals surface area contributed by atoms with E-state index in [0.29, 0.717) is 12.2 Å². The van der Waals surface area contributed by atoms with Gasteiger partial charge in [-0.2, -0.15) is 8.78 Å². The molecule has 2 heterocycles. The molecule has 1 unspecified atom stereocenters. The minimum Gasteiger partial charge on any atom is -0.433 e. The molecule has 158 valence electrons. The molecule has 1 aromatic carbocycles. The normalized spacial score (nSPS) is 17.0. The van der Waals surface area contributed by atoms with Gasteiger partial charge in [-0.25, -0.2) is 4.98 Å². The molecule has 0 aliphatic carbocycles. The number of alkyl halides is 2. The van der Waals surface area contributed by atoms with Crippen LogP contribution in [0.3, 0.4) is 0 Å². The highest BCUT2D eigenvalue weighted by Gasteiger charge is 2.25. The summed E-state index contributed by atoms with van der Waals surface area (Å²) in [4.78, 5) is 10.6. The van der Waals surface area contributed by atoms with Crippen LogP contribution in [0, 0.1) is 0 Å². The number of hydrogen-bond donors (Lipinski definition) is 2. The molecule has 2 N–H and O–H groups in total. The number of thiazole rings is 1. The third kappa shape index (κ3) is 6.74. The fraction of sp³-hybridized carbons (Fsp3) is 0.474. The molecule has 1 aliphatic rings. The number of ether oxygens (including phenoxy) is 1. The predicted molar refractivity (Wildman–Crippen MR) is 116 cm³/mol. The summed E-state index contributed by atoms with van der Waals surface area (Å²) in [6.07, 6.45) is 3.71. The van der Waals surface area contributed by atoms with Crippen molar-refractivity contribution >= 4 is 34.7 Å². The highest BCUT2D eigenvalue weighted by atomic mass is 32.2. The second kappa shape index (κ2) is 11.2. The van der Waals surface area contributed by atoms with Gasteiger partial charge in [0.05, 0.1) is 5.69 Å². The number of para-hydroxylation sites is 2. The maximum Gasteiger partial charge on any atom is 0.387 e. The van der Waals surface area contributed by atoms with Gasteiger partial charge in [0.1, 0.15) is 10.1 Å². The van der Waals surface area contributed by atoms with Gasteiger partial charge in [0.15, 0.2) is 5.96 Å². The number of aromatic nitrogens is 1. The zero-order valence-corrected chi connectivity index (χ0v) is 17.8. The number of nitrogens with zero attached hydrogens (tertiary/aromatic N) is 3. The lowest BCUT2D eigenvalue weighted by Gasteiger charge is -2.22. The number of rotatable bonds is 9. The van der Waals surface area contributed by atoms with Crippen molar-refractivity contribution < 1.29 is 13.5 Å². The van der Waals surface area contributed by atoms with Crippen molar-refractivity contribution in [2.75, 3.05) is 37.3 Å². The smallest absolute Gasteiger partial charge is 0.387 e. The third-order valence-electron chi connectivity index (χ3n) is 4.42. The zero-order chi connectivity index (χ0) is 20.5. The Morgan fingerprint density at radius 1 is 1.45 bits per heavy atom. The van der Waals surface area contributed by atoms with Crippen molar-refractivity contribution in [3.8, 4) is 5.75 Å². The molecule has 1 saturated heterocycles. The second-order valence-corrected chi connectivity index (χ2v) is 8.66. The Labute approximate surface area is 177 Å². The van der Waals surface area contributed by atoms with Gasteiger partial charge in [0.25, 0.3) is 0 Å². The Bertz CT molecular complexity index is 776. The van der Waals surface area contributed by atoms with Gasteiger partial charge < -0.3 is 20.3 Å². The molecule has 29 heavy (non-hydrogen) atoms. The summed E-state index contributed by atoms with van der Waals surface area (Å²) in [6.45, 7) is -0.545. The van der Waals surface area contributed by atoms with Crippen LogP contribution in [0.4, 0.5) is 14.5 Å². The SMILES string of the molecule is CN=C(NCCCSc1nccs1)NC1CCN(c2ccccc2OC(F)F)C1. The van der Waals surface area contributed by atoms with Crippen LogP contribution in [0.2, 0.25) is 0 Å². The van der Waals surface area contributed by atoms with E-state index in [0.717, 1.165) is 42.0 Å². The van der Waals surface area contributed by atoms with Crippen LogP contribution in [-0.2, 0) is 0 Å². The number of hydrogen-bond acceptors (Lipinski definition) is 6. The van der Waals surface area contributed by atoms with Gasteiger partial charge in [0, 0.05) is 50.1 Å². The van der Waals surface area contributed by atoms with E-state index in [9.17, 15) is 8.78 Å². The van der Waals surface area contributed by atoms with Crippen LogP contribution < -0.4 is 20.3 Å². The Hall–Kier alpha value is -2.07. The van der Waals surface area contributed by atoms with E-state index in [1.54, 1.807) is 42.3 Å². The summed E-state index contributed by atoms with van der Waals surface area (Å²) >= 11 is 3.41. The Morgan fingerprint density at radius 2 is 2.31 bits per heavy atom. The predicted octanol–water partition coefficient (Wildman–Crippen LogP) is 3.67. The minimum absolute atomic E-state index is 0.186. The monoisotopic (exact) mass is 441 g/mol. The summed E-state index contributed by atoms with van der Waals surface area (Å²) in [5, 5.41) is 8.74. The topological polar surface area (TPSA) is 61.8 Å². The van der Waals surface area contributed by atoms with Gasteiger partial charge >= 0.3 is 6.61 Å². The van der Waals surface area contributed by atoms with Gasteiger partial charge in [-0.3, -0.25) is 4.99 Å². The molecular weight excluding hydrogens is 416 g/mol. The quantitative estimate of drug-likeness (QED) is 0.268. The summed E-state index contributed by atoms with van der Waals surface area (Å²) in [6, 6.07) is 7.11. The van der Waals surface area contributed by atoms with Gasteiger partial charge in [-0.1, -0.05) is 23.9 Å². The molecule has 6 nitrogen and oxygen atoms in total. The van der Waals surface area contributed by atoms with Crippen LogP contribution in [0.25, 0.3) is 0 Å². The van der Waals surface area contributed by atoms with Crippen LogP contribution in [0.15, 0.2) is 45.2 Å². The van der Waals surface area contributed by atoms with E-state index in [4.69, 9.17) is 0 Å². The highest BCUT2D eigenvalue weighted by Crippen LogP contribution is 2.31. The van der Waals surface area contributed by atoms with Crippen LogP contribution in [0.1, 0.15) is 12.8 Å². The van der Waals surface area contributed by atoms with E-state index >= 15 is 0 Å². The van der Waals surface area contributed by atoms with Crippen molar-refractivity contribution in [1.82, 2.24) is 15.6 Å². The summed E-state index contributed by atoms with van der Waals surface area (Å²) in [5.74, 6) is 1.96. The summed E-state index contributed by atoms with van der Waals surface area (Å²) in [7, 11) is 1.75. The molecule has 1 fully saturated rings. The number of aliphatic imine (C=N–C) groups is 1. The van der Waals surface area contributed by atoms with E-state index in [1.807, 2.05) is 23.7 Å². The average molecular weight is 442 g/mol. The number of guanidine groups is 1. The van der Waals surface area contributed by atoms with Crippen molar-refractivity contribution in [3.63, 3.8) is 0 Å². The maximum absolute atomic E-state index is 12.7. The number of thioether (sulfide) groups is 1. The van der Waals surface area contributed by atoms with E-state index in [-0.39, 0.29) is 11.8 Å².